The van der Waals surface area contributed by atoms with Crippen LogP contribution in [0.25, 0.3) is 22.3 Å². The van der Waals surface area contributed by atoms with Gasteiger partial charge < -0.3 is 29.2 Å². The minimum Gasteiger partial charge on any atom is -0.399 e. The smallest absolute Gasteiger partial charge is 0.399 e. The van der Waals surface area contributed by atoms with E-state index >= 15 is 0 Å². The summed E-state index contributed by atoms with van der Waals surface area (Å²) in [4.78, 5) is 16.3. The van der Waals surface area contributed by atoms with Crippen LogP contribution in [0.5, 0.6) is 0 Å². The van der Waals surface area contributed by atoms with E-state index in [1.807, 2.05) is 0 Å². The maximum absolute atomic E-state index is 6.56. The third-order valence-electron chi connectivity index (χ3n) is 16.5. The van der Waals surface area contributed by atoms with Gasteiger partial charge in [0, 0.05) is 66.5 Å². The molecule has 0 amide bonds. The van der Waals surface area contributed by atoms with E-state index in [0.717, 1.165) is 88.6 Å². The van der Waals surface area contributed by atoms with Crippen molar-refractivity contribution < 1.29 is 9.31 Å². The number of nitrogens with one attached hydrogen (secondary N) is 4. The highest BCUT2D eigenvalue weighted by Gasteiger charge is 2.51. The van der Waals surface area contributed by atoms with Gasteiger partial charge in [-0.3, -0.25) is 0 Å². The van der Waals surface area contributed by atoms with Gasteiger partial charge in [0.15, 0.2) is 0 Å². The Kier molecular flexibility index (Phi) is 12.7. The zero-order chi connectivity index (χ0) is 54.8. The van der Waals surface area contributed by atoms with E-state index in [1.54, 1.807) is 0 Å². The molecule has 0 radical (unpaired) electrons. The van der Waals surface area contributed by atoms with Crippen LogP contribution in [0, 0.1) is 20.8 Å². The highest BCUT2D eigenvalue weighted by molar-refractivity contribution is 6.62. The first-order chi connectivity index (χ1) is 35.4. The molecule has 0 saturated carbocycles. The lowest BCUT2D eigenvalue weighted by Gasteiger charge is -2.32. The monoisotopic (exact) mass is 1010 g/mol. The molecule has 392 valence electrons. The van der Waals surface area contributed by atoms with Crippen molar-refractivity contribution >= 4 is 34.9 Å². The Balaban J connectivity index is 1.34. The van der Waals surface area contributed by atoms with Crippen molar-refractivity contribution in [3.05, 3.63) is 227 Å². The lowest BCUT2D eigenvalue weighted by Crippen LogP contribution is -2.41. The summed E-state index contributed by atoms with van der Waals surface area (Å²) in [7, 11) is -0.471. The minimum atomic E-state index is -0.471. The molecule has 4 N–H and O–H groups in total. The lowest BCUT2D eigenvalue weighted by molar-refractivity contribution is 0.00578. The van der Waals surface area contributed by atoms with Gasteiger partial charge in [-0.1, -0.05) is 161 Å². The molecule has 6 heterocycles. The van der Waals surface area contributed by atoms with E-state index in [4.69, 9.17) is 9.31 Å². The molecule has 10 rings (SSSR count). The lowest BCUT2D eigenvalue weighted by atomic mass is 9.78. The molecule has 0 unspecified atom stereocenters. The van der Waals surface area contributed by atoms with Gasteiger partial charge in [0.1, 0.15) is 0 Å². The van der Waals surface area contributed by atoms with Gasteiger partial charge in [-0.25, -0.2) is 0 Å². The molecular formula is C69H81BN4O2. The molecule has 4 aromatic carbocycles. The molecule has 76 heavy (non-hydrogen) atoms. The highest BCUT2D eigenvalue weighted by atomic mass is 16.7. The summed E-state index contributed by atoms with van der Waals surface area (Å²) in [5.41, 5.74) is 21.8. The normalized spacial score (nSPS) is 16.1. The van der Waals surface area contributed by atoms with Crippen molar-refractivity contribution in [1.29, 1.82) is 0 Å². The summed E-state index contributed by atoms with van der Waals surface area (Å²) >= 11 is 0. The van der Waals surface area contributed by atoms with E-state index in [0.29, 0.717) is 0 Å². The van der Waals surface area contributed by atoms with Crippen LogP contribution in [-0.4, -0.2) is 38.3 Å². The number of fused-ring (bicyclic) bond motifs is 8. The quantitative estimate of drug-likeness (QED) is 0.130. The maximum atomic E-state index is 6.56. The van der Waals surface area contributed by atoms with E-state index in [2.05, 4.69) is 273 Å². The molecule has 8 bridgehead atoms. The van der Waals surface area contributed by atoms with Crippen LogP contribution in [0.3, 0.4) is 0 Å². The first-order valence-electron chi connectivity index (χ1n) is 27.5. The van der Waals surface area contributed by atoms with Crippen molar-refractivity contribution in [2.45, 2.75) is 164 Å². The van der Waals surface area contributed by atoms with Gasteiger partial charge in [0.2, 0.25) is 0 Å². The van der Waals surface area contributed by atoms with Crippen LogP contribution in [0.2, 0.25) is 0 Å². The summed E-state index contributed by atoms with van der Waals surface area (Å²) in [6.07, 6.45) is 0. The van der Waals surface area contributed by atoms with Gasteiger partial charge >= 0.3 is 7.12 Å². The molecular weight excluding hydrogens is 928 g/mol. The molecule has 4 aromatic heterocycles. The number of rotatable bonds is 5. The molecule has 2 aliphatic heterocycles. The van der Waals surface area contributed by atoms with Gasteiger partial charge in [0.25, 0.3) is 0 Å². The fraction of sp³-hybridized carbons (Fsp3) is 0.362. The fourth-order valence-corrected chi connectivity index (χ4v) is 11.2. The van der Waals surface area contributed by atoms with Crippen molar-refractivity contribution in [3.63, 3.8) is 0 Å². The Hall–Kier alpha value is -6.54. The Morgan fingerprint density at radius 3 is 1.01 bits per heavy atom. The van der Waals surface area contributed by atoms with Crippen LogP contribution in [0.15, 0.2) is 121 Å². The largest absolute Gasteiger partial charge is 0.494 e. The van der Waals surface area contributed by atoms with Crippen LogP contribution in [0.4, 0.5) is 0 Å². The predicted molar refractivity (Wildman–Crippen MR) is 319 cm³/mol. The maximum Gasteiger partial charge on any atom is 0.494 e. The van der Waals surface area contributed by atoms with E-state index in [9.17, 15) is 0 Å². The van der Waals surface area contributed by atoms with Crippen LogP contribution < -0.4 is 26.9 Å². The molecule has 1 fully saturated rings. The molecule has 0 atom stereocenters. The fourth-order valence-electron chi connectivity index (χ4n) is 11.2. The number of hydrogen-bond donors (Lipinski definition) is 4. The predicted octanol–water partition coefficient (Wildman–Crippen LogP) is 12.7. The van der Waals surface area contributed by atoms with Crippen molar-refractivity contribution in [3.8, 4) is 0 Å². The Labute approximate surface area is 453 Å². The Morgan fingerprint density at radius 1 is 0.355 bits per heavy atom. The summed E-state index contributed by atoms with van der Waals surface area (Å²) < 4.78 is 13.1. The Bertz CT molecular complexity index is 3730. The number of H-pyrrole nitrogens is 4. The third kappa shape index (κ3) is 9.79. The molecule has 8 aromatic rings. The van der Waals surface area contributed by atoms with Gasteiger partial charge in [-0.05, 0) is 180 Å². The molecule has 0 spiro atoms. The average molecular weight is 1010 g/mol. The SMILES string of the molecule is Cc1cc(C)c(C2=c3ccc([nH]3)=C(c3cc(C(C)(C)C)cc(C(C)(C)C)c3)c3ccc([nH]3)C(c3ccc(B4OC(C)(C)C(C)(C)O4)cc3)=c3ccc([nH]3)=C(c3cc(C(C)(C)C)cc(C(C)(C)C)c3)c3ccc2[nH]3)c(C)c1. The molecule has 6 nitrogen and oxygen atoms in total. The molecule has 2 aliphatic rings. The summed E-state index contributed by atoms with van der Waals surface area (Å²) in [5.74, 6) is 0. The summed E-state index contributed by atoms with van der Waals surface area (Å²) in [5, 5.41) is 4.09. The standard InChI is InChI=1S/C69H81BN4O2/c1-40-32-41(2)59(42(3)33-40)63-57-30-28-55(73-57)61(44-34-46(64(4,5)6)38-47(35-44)65(7,8)9)53-26-24-51(71-53)60(43-20-22-50(23-21-43)70-75-68(16,17)69(18,19)76-70)52-25-27-54(72-52)62(56-29-31-58(63)74-56)45-36-48(66(10,11)12)39-49(37-45)67(13,14)15/h20-39,71-74H,1-19H3. The highest BCUT2D eigenvalue weighted by Crippen LogP contribution is 2.39. The number of aryl methyl sites for hydroxylation is 3. The van der Waals surface area contributed by atoms with E-state index < -0.39 is 18.3 Å². The summed E-state index contributed by atoms with van der Waals surface area (Å²) in [6, 6.07) is 46.0. The first-order valence-corrected chi connectivity index (χ1v) is 27.5. The van der Waals surface area contributed by atoms with E-state index in [-0.39, 0.29) is 21.7 Å². The van der Waals surface area contributed by atoms with E-state index in [1.165, 1.54) is 44.5 Å². The number of aromatic amines is 4. The van der Waals surface area contributed by atoms with Gasteiger partial charge in [-0.2, -0.15) is 0 Å². The number of benzene rings is 4. The molecule has 1 saturated heterocycles. The van der Waals surface area contributed by atoms with Gasteiger partial charge in [0.05, 0.1) is 11.2 Å². The topological polar surface area (TPSA) is 81.6 Å². The first kappa shape index (κ1) is 52.9. The molecule has 0 aliphatic carbocycles. The second-order valence-corrected chi connectivity index (χ2v) is 27.2. The van der Waals surface area contributed by atoms with Crippen LogP contribution in [0.1, 0.15) is 195 Å². The average Bonchev–Trinajstić information content (AvgIpc) is 4.18. The Morgan fingerprint density at radius 2 is 0.671 bits per heavy atom. The van der Waals surface area contributed by atoms with Crippen molar-refractivity contribution in [2.75, 3.05) is 0 Å². The third-order valence-corrected chi connectivity index (χ3v) is 16.5. The molecule has 7 heteroatoms. The zero-order valence-electron chi connectivity index (χ0n) is 48.9. The number of aromatic nitrogens is 4. The summed E-state index contributed by atoms with van der Waals surface area (Å²) in [6.45, 7) is 42.9. The minimum absolute atomic E-state index is 0.0831. The van der Waals surface area contributed by atoms with Crippen LogP contribution in [-0.2, 0) is 31.0 Å². The van der Waals surface area contributed by atoms with Gasteiger partial charge in [-0.15, -0.1) is 0 Å². The second kappa shape index (κ2) is 18.3. The zero-order valence-corrected chi connectivity index (χ0v) is 48.9. The van der Waals surface area contributed by atoms with Crippen LogP contribution >= 0.6 is 0 Å². The van der Waals surface area contributed by atoms with Crippen molar-refractivity contribution in [1.82, 2.24) is 19.9 Å². The van der Waals surface area contributed by atoms with Crippen molar-refractivity contribution in [2.24, 2.45) is 0 Å². The number of hydrogen-bond acceptors (Lipinski definition) is 2. The second-order valence-electron chi connectivity index (χ2n) is 27.2.